The van der Waals surface area contributed by atoms with Crippen molar-refractivity contribution in [2.75, 3.05) is 6.54 Å². The highest BCUT2D eigenvalue weighted by molar-refractivity contribution is 6.07. The van der Waals surface area contributed by atoms with Crippen LogP contribution in [0, 0.1) is 5.41 Å². The van der Waals surface area contributed by atoms with E-state index in [1.54, 1.807) is 0 Å². The summed E-state index contributed by atoms with van der Waals surface area (Å²) in [5.41, 5.74) is -2.04. The highest BCUT2D eigenvalue weighted by atomic mass is 19.4. The average molecular weight is 253 g/mol. The van der Waals surface area contributed by atoms with Crippen molar-refractivity contribution in [3.8, 4) is 0 Å². The minimum absolute atomic E-state index is 0.105. The zero-order valence-corrected chi connectivity index (χ0v) is 8.63. The van der Waals surface area contributed by atoms with E-state index in [0.29, 0.717) is 0 Å². The van der Waals surface area contributed by atoms with Gasteiger partial charge in [0.1, 0.15) is 12.3 Å². The molecule has 0 aromatic rings. The first-order valence-electron chi connectivity index (χ1n) is 4.77. The Morgan fingerprint density at radius 3 is 2.35 bits per heavy atom. The van der Waals surface area contributed by atoms with Crippen LogP contribution in [-0.2, 0) is 14.4 Å². The fourth-order valence-corrected chi connectivity index (χ4v) is 1.69. The Hall–Kier alpha value is -1.60. The van der Waals surface area contributed by atoms with Gasteiger partial charge < -0.3 is 10.4 Å². The van der Waals surface area contributed by atoms with Crippen molar-refractivity contribution in [3.05, 3.63) is 0 Å². The van der Waals surface area contributed by atoms with Gasteiger partial charge in [-0.15, -0.1) is 0 Å². The smallest absolute Gasteiger partial charge is 0.405 e. The molecule has 0 spiro atoms. The van der Waals surface area contributed by atoms with Crippen LogP contribution in [0.1, 0.15) is 19.3 Å². The Bertz CT molecular complexity index is 366. The Morgan fingerprint density at radius 1 is 1.41 bits per heavy atom. The molecule has 5 nitrogen and oxygen atoms in total. The zero-order chi connectivity index (χ0) is 13.3. The number of nitrogens with one attached hydrogen (secondary N) is 1. The SMILES string of the molecule is O=C1CCC(C(=O)O)(C(=O)NCC(F)(F)F)C1. The molecule has 1 aliphatic carbocycles. The number of ketones is 1. The summed E-state index contributed by atoms with van der Waals surface area (Å²) >= 11 is 0. The van der Waals surface area contributed by atoms with Crippen LogP contribution in [0.2, 0.25) is 0 Å². The fourth-order valence-electron chi connectivity index (χ4n) is 1.69. The van der Waals surface area contributed by atoms with Crippen molar-refractivity contribution in [1.29, 1.82) is 0 Å². The van der Waals surface area contributed by atoms with E-state index >= 15 is 0 Å². The second-order valence-corrected chi connectivity index (χ2v) is 3.90. The van der Waals surface area contributed by atoms with Crippen molar-refractivity contribution in [2.24, 2.45) is 5.41 Å². The number of aliphatic carboxylic acids is 1. The van der Waals surface area contributed by atoms with Gasteiger partial charge >= 0.3 is 12.1 Å². The first kappa shape index (κ1) is 13.5. The maximum Gasteiger partial charge on any atom is 0.405 e. The number of alkyl halides is 3. The van der Waals surface area contributed by atoms with Gasteiger partial charge in [-0.3, -0.25) is 14.4 Å². The molecule has 1 atom stereocenters. The predicted octanol–water partition coefficient (Wildman–Crippen LogP) is 0.489. The van der Waals surface area contributed by atoms with E-state index in [2.05, 4.69) is 0 Å². The van der Waals surface area contributed by atoms with Crippen LogP contribution >= 0.6 is 0 Å². The lowest BCUT2D eigenvalue weighted by atomic mass is 9.85. The highest BCUT2D eigenvalue weighted by Gasteiger charge is 2.52. The molecule has 0 aliphatic heterocycles. The van der Waals surface area contributed by atoms with Crippen molar-refractivity contribution in [3.63, 3.8) is 0 Å². The molecule has 1 unspecified atom stereocenters. The number of Topliss-reactive ketones (excluding diaryl/α,β-unsaturated/α-hetero) is 1. The van der Waals surface area contributed by atoms with E-state index in [9.17, 15) is 27.6 Å². The molecule has 1 rings (SSSR count). The summed E-state index contributed by atoms with van der Waals surface area (Å²) in [6, 6.07) is 0. The molecular weight excluding hydrogens is 243 g/mol. The molecule has 0 aromatic heterocycles. The molecule has 8 heteroatoms. The topological polar surface area (TPSA) is 83.5 Å². The van der Waals surface area contributed by atoms with Crippen molar-refractivity contribution >= 4 is 17.7 Å². The minimum atomic E-state index is -4.61. The maximum absolute atomic E-state index is 11.9. The zero-order valence-electron chi connectivity index (χ0n) is 8.63. The first-order chi connectivity index (χ1) is 7.67. The standard InChI is InChI=1S/C9H10F3NO4/c10-9(11,12)4-13-6(15)8(7(16)17)2-1-5(14)3-8/h1-4H2,(H,13,15)(H,16,17). The van der Waals surface area contributed by atoms with E-state index in [1.807, 2.05) is 0 Å². The molecule has 1 amide bonds. The summed E-state index contributed by atoms with van der Waals surface area (Å²) in [6.45, 7) is -1.60. The van der Waals surface area contributed by atoms with Gasteiger partial charge in [-0.05, 0) is 6.42 Å². The summed E-state index contributed by atoms with van der Waals surface area (Å²) in [6.07, 6.45) is -5.53. The number of hydrogen-bond acceptors (Lipinski definition) is 3. The first-order valence-corrected chi connectivity index (χ1v) is 4.77. The Labute approximate surface area is 94.0 Å². The fraction of sp³-hybridized carbons (Fsp3) is 0.667. The second-order valence-electron chi connectivity index (χ2n) is 3.90. The highest BCUT2D eigenvalue weighted by Crippen LogP contribution is 2.36. The van der Waals surface area contributed by atoms with Crippen LogP contribution in [0.4, 0.5) is 13.2 Å². The molecule has 0 bridgehead atoms. The number of rotatable bonds is 3. The van der Waals surface area contributed by atoms with E-state index in [4.69, 9.17) is 5.11 Å². The van der Waals surface area contributed by atoms with E-state index in [0.717, 1.165) is 0 Å². The molecule has 2 N–H and O–H groups in total. The van der Waals surface area contributed by atoms with Gasteiger partial charge in [0.15, 0.2) is 5.41 Å². The van der Waals surface area contributed by atoms with Crippen LogP contribution in [0.5, 0.6) is 0 Å². The molecule has 0 saturated heterocycles. The average Bonchev–Trinajstić information content (AvgIpc) is 2.57. The van der Waals surface area contributed by atoms with Crippen molar-refractivity contribution in [1.82, 2.24) is 5.32 Å². The summed E-state index contributed by atoms with van der Waals surface area (Å²) in [5.74, 6) is -3.26. The largest absolute Gasteiger partial charge is 0.480 e. The van der Waals surface area contributed by atoms with E-state index in [-0.39, 0.29) is 12.8 Å². The molecule has 17 heavy (non-hydrogen) atoms. The number of carboxylic acid groups (broad SMARTS) is 1. The third-order valence-electron chi connectivity index (χ3n) is 2.62. The summed E-state index contributed by atoms with van der Waals surface area (Å²) in [5, 5.41) is 10.4. The number of carboxylic acids is 1. The van der Waals surface area contributed by atoms with Gasteiger partial charge in [0.25, 0.3) is 0 Å². The van der Waals surface area contributed by atoms with Crippen LogP contribution in [0.25, 0.3) is 0 Å². The van der Waals surface area contributed by atoms with E-state index < -0.39 is 42.2 Å². The van der Waals surface area contributed by atoms with Gasteiger partial charge in [-0.25, -0.2) is 0 Å². The second kappa shape index (κ2) is 4.34. The summed E-state index contributed by atoms with van der Waals surface area (Å²) in [7, 11) is 0. The van der Waals surface area contributed by atoms with Gasteiger partial charge in [-0.1, -0.05) is 0 Å². The number of hydrogen-bond donors (Lipinski definition) is 2. The maximum atomic E-state index is 11.9. The molecule has 1 saturated carbocycles. The normalized spacial score (nSPS) is 24.8. The third-order valence-corrected chi connectivity index (χ3v) is 2.62. The predicted molar refractivity (Wildman–Crippen MR) is 48.0 cm³/mol. The number of halogens is 3. The molecule has 96 valence electrons. The van der Waals surface area contributed by atoms with Gasteiger partial charge in [-0.2, -0.15) is 13.2 Å². The monoisotopic (exact) mass is 253 g/mol. The van der Waals surface area contributed by atoms with Crippen LogP contribution < -0.4 is 5.32 Å². The van der Waals surface area contributed by atoms with Gasteiger partial charge in [0.2, 0.25) is 5.91 Å². The Morgan fingerprint density at radius 2 is 2.00 bits per heavy atom. The van der Waals surface area contributed by atoms with Crippen LogP contribution in [0.3, 0.4) is 0 Å². The summed E-state index contributed by atoms with van der Waals surface area (Å²) < 4.78 is 35.6. The lowest BCUT2D eigenvalue weighted by Crippen LogP contribution is -2.47. The molecular formula is C9H10F3NO4. The van der Waals surface area contributed by atoms with Gasteiger partial charge in [0.05, 0.1) is 0 Å². The molecule has 1 aliphatic rings. The lowest BCUT2D eigenvalue weighted by molar-refractivity contribution is -0.160. The van der Waals surface area contributed by atoms with Crippen LogP contribution in [0.15, 0.2) is 0 Å². The lowest BCUT2D eigenvalue weighted by Gasteiger charge is -2.22. The molecule has 0 aromatic carbocycles. The Balaban J connectivity index is 2.76. The summed E-state index contributed by atoms with van der Waals surface area (Å²) in [4.78, 5) is 33.4. The van der Waals surface area contributed by atoms with Crippen molar-refractivity contribution < 1.29 is 32.7 Å². The van der Waals surface area contributed by atoms with Gasteiger partial charge in [0, 0.05) is 12.8 Å². The Kier molecular flexibility index (Phi) is 3.44. The third kappa shape index (κ3) is 2.95. The van der Waals surface area contributed by atoms with E-state index in [1.165, 1.54) is 5.32 Å². The van der Waals surface area contributed by atoms with Crippen molar-refractivity contribution in [2.45, 2.75) is 25.4 Å². The van der Waals surface area contributed by atoms with Crippen LogP contribution in [-0.4, -0.2) is 35.5 Å². The molecule has 0 radical (unpaired) electrons. The number of carbonyl (C=O) groups is 3. The minimum Gasteiger partial charge on any atom is -0.480 e. The number of carbonyl (C=O) groups excluding carboxylic acids is 2. The number of amides is 1. The molecule has 0 heterocycles. The quantitative estimate of drug-likeness (QED) is 0.717. The molecule has 1 fully saturated rings.